The van der Waals surface area contributed by atoms with Crippen molar-refractivity contribution in [2.45, 2.75) is 29.7 Å². The summed E-state index contributed by atoms with van der Waals surface area (Å²) in [5.74, 6) is 0.544. The fourth-order valence-corrected chi connectivity index (χ4v) is 2.50. The van der Waals surface area contributed by atoms with Crippen LogP contribution in [0.5, 0.6) is 0 Å². The lowest BCUT2D eigenvalue weighted by molar-refractivity contribution is 0.865. The van der Waals surface area contributed by atoms with Crippen LogP contribution in [-0.2, 0) is 0 Å². The van der Waals surface area contributed by atoms with Crippen LogP contribution in [0.2, 0.25) is 5.02 Å². The lowest BCUT2D eigenvalue weighted by Gasteiger charge is -2.07. The molecule has 0 unspecified atom stereocenters. The van der Waals surface area contributed by atoms with Gasteiger partial charge in [0.1, 0.15) is 5.03 Å². The van der Waals surface area contributed by atoms with Gasteiger partial charge in [-0.2, -0.15) is 0 Å². The summed E-state index contributed by atoms with van der Waals surface area (Å²) in [5.41, 5.74) is 7.82. The molecule has 2 aromatic rings. The summed E-state index contributed by atoms with van der Waals surface area (Å²) in [6.07, 6.45) is 1.61. The van der Waals surface area contributed by atoms with Crippen LogP contribution in [0.3, 0.4) is 0 Å². The molecule has 1 heterocycles. The van der Waals surface area contributed by atoms with E-state index in [0.717, 1.165) is 9.92 Å². The van der Waals surface area contributed by atoms with Gasteiger partial charge in [0, 0.05) is 11.1 Å². The zero-order chi connectivity index (χ0) is 13.1. The number of rotatable bonds is 3. The molecule has 0 saturated carbocycles. The van der Waals surface area contributed by atoms with Crippen molar-refractivity contribution in [3.8, 4) is 0 Å². The fourth-order valence-electron chi connectivity index (χ4n) is 1.56. The number of nitrogens with two attached hydrogens (primary N) is 1. The van der Waals surface area contributed by atoms with Crippen LogP contribution in [-0.4, -0.2) is 4.98 Å². The summed E-state index contributed by atoms with van der Waals surface area (Å²) in [6, 6.07) is 10.2. The third kappa shape index (κ3) is 3.18. The summed E-state index contributed by atoms with van der Waals surface area (Å²) < 4.78 is 0. The van der Waals surface area contributed by atoms with Crippen molar-refractivity contribution in [3.05, 3.63) is 47.1 Å². The van der Waals surface area contributed by atoms with Crippen molar-refractivity contribution in [1.82, 2.24) is 4.98 Å². The standard InChI is InChI=1S/C14H15ClN2S/c1-9(2)10-3-5-12(6-4-10)18-14-13(16)7-11(15)8-17-14/h3-9H,16H2,1-2H3. The highest BCUT2D eigenvalue weighted by Crippen LogP contribution is 2.32. The van der Waals surface area contributed by atoms with Crippen LogP contribution in [0.1, 0.15) is 25.3 Å². The van der Waals surface area contributed by atoms with Gasteiger partial charge in [-0.15, -0.1) is 0 Å². The van der Waals surface area contributed by atoms with E-state index >= 15 is 0 Å². The van der Waals surface area contributed by atoms with E-state index in [0.29, 0.717) is 16.6 Å². The Morgan fingerprint density at radius 1 is 1.22 bits per heavy atom. The summed E-state index contributed by atoms with van der Waals surface area (Å²) in [7, 11) is 0. The number of nitrogens with zero attached hydrogens (tertiary/aromatic N) is 1. The minimum atomic E-state index is 0.544. The molecule has 4 heteroatoms. The average Bonchev–Trinajstić information content (AvgIpc) is 2.33. The molecule has 0 amide bonds. The Balaban J connectivity index is 2.18. The summed E-state index contributed by atoms with van der Waals surface area (Å²) >= 11 is 7.37. The van der Waals surface area contributed by atoms with Crippen LogP contribution in [0, 0.1) is 0 Å². The maximum absolute atomic E-state index is 5.88. The molecule has 1 aromatic heterocycles. The number of halogens is 1. The van der Waals surface area contributed by atoms with Gasteiger partial charge in [-0.3, -0.25) is 0 Å². The molecule has 0 spiro atoms. The fraction of sp³-hybridized carbons (Fsp3) is 0.214. The van der Waals surface area contributed by atoms with Gasteiger partial charge in [0.15, 0.2) is 0 Å². The highest BCUT2D eigenvalue weighted by atomic mass is 35.5. The van der Waals surface area contributed by atoms with Crippen LogP contribution in [0.15, 0.2) is 46.5 Å². The van der Waals surface area contributed by atoms with Crippen LogP contribution >= 0.6 is 23.4 Å². The Morgan fingerprint density at radius 3 is 2.44 bits per heavy atom. The first-order valence-corrected chi connectivity index (χ1v) is 6.94. The number of hydrogen-bond acceptors (Lipinski definition) is 3. The Bertz CT molecular complexity index is 538. The molecule has 0 aliphatic rings. The Hall–Kier alpha value is -1.19. The van der Waals surface area contributed by atoms with Gasteiger partial charge in [0.05, 0.1) is 10.7 Å². The minimum absolute atomic E-state index is 0.544. The van der Waals surface area contributed by atoms with E-state index in [9.17, 15) is 0 Å². The first kappa shape index (κ1) is 13.2. The van der Waals surface area contributed by atoms with Crippen molar-refractivity contribution in [1.29, 1.82) is 0 Å². The van der Waals surface area contributed by atoms with Crippen molar-refractivity contribution in [2.75, 3.05) is 5.73 Å². The number of aromatic nitrogens is 1. The zero-order valence-corrected chi connectivity index (χ0v) is 11.9. The molecule has 2 nitrogen and oxygen atoms in total. The molecule has 0 atom stereocenters. The SMILES string of the molecule is CC(C)c1ccc(Sc2ncc(Cl)cc2N)cc1. The lowest BCUT2D eigenvalue weighted by atomic mass is 10.0. The Labute approximate surface area is 117 Å². The summed E-state index contributed by atoms with van der Waals surface area (Å²) in [4.78, 5) is 5.36. The second-order valence-electron chi connectivity index (χ2n) is 4.37. The van der Waals surface area contributed by atoms with Gasteiger partial charge in [-0.1, -0.05) is 49.3 Å². The van der Waals surface area contributed by atoms with Crippen LogP contribution in [0.25, 0.3) is 0 Å². The molecule has 0 radical (unpaired) electrons. The quantitative estimate of drug-likeness (QED) is 0.892. The molecule has 1 aromatic carbocycles. The lowest BCUT2D eigenvalue weighted by Crippen LogP contribution is -1.91. The largest absolute Gasteiger partial charge is 0.396 e. The molecule has 0 aliphatic heterocycles. The molecule has 18 heavy (non-hydrogen) atoms. The van der Waals surface area contributed by atoms with Gasteiger partial charge < -0.3 is 5.73 Å². The normalized spacial score (nSPS) is 10.9. The maximum Gasteiger partial charge on any atom is 0.124 e. The highest BCUT2D eigenvalue weighted by molar-refractivity contribution is 7.99. The highest BCUT2D eigenvalue weighted by Gasteiger charge is 2.05. The first-order chi connectivity index (χ1) is 8.56. The van der Waals surface area contributed by atoms with Gasteiger partial charge >= 0.3 is 0 Å². The molecule has 0 saturated heterocycles. The number of benzene rings is 1. The first-order valence-electron chi connectivity index (χ1n) is 5.75. The van der Waals surface area contributed by atoms with E-state index in [2.05, 4.69) is 43.1 Å². The van der Waals surface area contributed by atoms with Gasteiger partial charge in [0.25, 0.3) is 0 Å². The molecule has 0 bridgehead atoms. The number of anilines is 1. The molecule has 2 N–H and O–H groups in total. The van der Waals surface area contributed by atoms with E-state index in [4.69, 9.17) is 17.3 Å². The van der Waals surface area contributed by atoms with E-state index in [1.165, 1.54) is 5.56 Å². The van der Waals surface area contributed by atoms with E-state index < -0.39 is 0 Å². The zero-order valence-electron chi connectivity index (χ0n) is 10.4. The van der Waals surface area contributed by atoms with Crippen LogP contribution in [0.4, 0.5) is 5.69 Å². The second kappa shape index (κ2) is 5.63. The minimum Gasteiger partial charge on any atom is -0.396 e. The van der Waals surface area contributed by atoms with E-state index in [1.54, 1.807) is 24.0 Å². The summed E-state index contributed by atoms with van der Waals surface area (Å²) in [6.45, 7) is 4.36. The predicted molar refractivity (Wildman–Crippen MR) is 78.3 cm³/mol. The monoisotopic (exact) mass is 278 g/mol. The molecule has 0 fully saturated rings. The smallest absolute Gasteiger partial charge is 0.124 e. The van der Waals surface area contributed by atoms with Crippen molar-refractivity contribution in [2.24, 2.45) is 0 Å². The molecular formula is C14H15ClN2S. The molecule has 94 valence electrons. The van der Waals surface area contributed by atoms with Crippen molar-refractivity contribution in [3.63, 3.8) is 0 Å². The molecule has 2 rings (SSSR count). The third-order valence-electron chi connectivity index (χ3n) is 2.61. The van der Waals surface area contributed by atoms with Crippen LogP contribution < -0.4 is 5.73 Å². The second-order valence-corrected chi connectivity index (χ2v) is 5.87. The predicted octanol–water partition coefficient (Wildman–Crippen LogP) is 4.59. The average molecular weight is 279 g/mol. The van der Waals surface area contributed by atoms with E-state index in [-0.39, 0.29) is 0 Å². The number of pyridine rings is 1. The van der Waals surface area contributed by atoms with Gasteiger partial charge in [-0.25, -0.2) is 4.98 Å². The van der Waals surface area contributed by atoms with Crippen molar-refractivity contribution >= 4 is 29.1 Å². The Kier molecular flexibility index (Phi) is 4.15. The van der Waals surface area contributed by atoms with Gasteiger partial charge in [-0.05, 0) is 29.7 Å². The molecule has 0 aliphatic carbocycles. The number of nitrogen functional groups attached to an aromatic ring is 1. The van der Waals surface area contributed by atoms with E-state index in [1.807, 2.05) is 0 Å². The molecular weight excluding hydrogens is 264 g/mol. The Morgan fingerprint density at radius 2 is 1.89 bits per heavy atom. The summed E-state index contributed by atoms with van der Waals surface area (Å²) in [5, 5.41) is 1.35. The maximum atomic E-state index is 5.88. The number of hydrogen-bond donors (Lipinski definition) is 1. The van der Waals surface area contributed by atoms with Crippen molar-refractivity contribution < 1.29 is 0 Å². The third-order valence-corrected chi connectivity index (χ3v) is 3.86. The van der Waals surface area contributed by atoms with Gasteiger partial charge in [0.2, 0.25) is 0 Å². The topological polar surface area (TPSA) is 38.9 Å².